The van der Waals surface area contributed by atoms with Crippen molar-refractivity contribution in [3.05, 3.63) is 28.8 Å². The van der Waals surface area contributed by atoms with Crippen molar-refractivity contribution in [1.29, 1.82) is 0 Å². The van der Waals surface area contributed by atoms with Crippen molar-refractivity contribution < 1.29 is 13.2 Å². The number of ether oxygens (including phenoxy) is 1. The Hall–Kier alpha value is -0.450. The molecule has 0 bridgehead atoms. The normalized spacial score (nSPS) is 14.3. The van der Waals surface area contributed by atoms with Crippen molar-refractivity contribution in [2.24, 2.45) is 0 Å². The van der Waals surface area contributed by atoms with E-state index in [-0.39, 0.29) is 0 Å². The fourth-order valence-electron chi connectivity index (χ4n) is 1.43. The molecule has 1 rings (SSSR count). The second-order valence-corrected chi connectivity index (χ2v) is 8.07. The van der Waals surface area contributed by atoms with Crippen LogP contribution in [0.3, 0.4) is 0 Å². The second kappa shape index (κ2) is 5.27. The third-order valence-corrected chi connectivity index (χ3v) is 6.40. The molecule has 1 unspecified atom stereocenters. The molecule has 18 heavy (non-hydrogen) atoms. The predicted octanol–water partition coefficient (Wildman–Crippen LogP) is 3.45. The molecule has 0 aliphatic carbocycles. The summed E-state index contributed by atoms with van der Waals surface area (Å²) >= 11 is 12.3. The molecule has 0 fully saturated rings. The first-order valence-corrected chi connectivity index (χ1v) is 7.99. The van der Waals surface area contributed by atoms with Crippen molar-refractivity contribution in [1.82, 2.24) is 0 Å². The molecule has 0 radical (unpaired) electrons. The number of methoxy groups -OCH3 is 1. The Morgan fingerprint density at radius 2 is 1.89 bits per heavy atom. The SMILES string of the molecule is COc1ccc(C(Cl)C(C)(C)S(C)(=O)=O)cc1Cl. The first kappa shape index (κ1) is 15.6. The van der Waals surface area contributed by atoms with E-state index in [1.807, 2.05) is 0 Å². The number of rotatable bonds is 4. The van der Waals surface area contributed by atoms with Gasteiger partial charge in [0.2, 0.25) is 0 Å². The fourth-order valence-corrected chi connectivity index (χ4v) is 2.83. The van der Waals surface area contributed by atoms with Gasteiger partial charge in [0, 0.05) is 6.26 Å². The zero-order valence-corrected chi connectivity index (χ0v) is 13.0. The quantitative estimate of drug-likeness (QED) is 0.800. The molecular weight excluding hydrogens is 295 g/mol. The van der Waals surface area contributed by atoms with Gasteiger partial charge in [-0.1, -0.05) is 17.7 Å². The molecule has 6 heteroatoms. The molecule has 0 aromatic heterocycles. The maximum absolute atomic E-state index is 11.7. The summed E-state index contributed by atoms with van der Waals surface area (Å²) in [6.45, 7) is 3.19. The number of halogens is 2. The Balaban J connectivity index is 3.20. The highest BCUT2D eigenvalue weighted by Crippen LogP contribution is 2.39. The number of alkyl halides is 1. The van der Waals surface area contributed by atoms with E-state index in [9.17, 15) is 8.42 Å². The van der Waals surface area contributed by atoms with Crippen LogP contribution in [0.1, 0.15) is 24.8 Å². The van der Waals surface area contributed by atoms with E-state index in [2.05, 4.69) is 0 Å². The fraction of sp³-hybridized carbons (Fsp3) is 0.500. The van der Waals surface area contributed by atoms with Gasteiger partial charge >= 0.3 is 0 Å². The summed E-state index contributed by atoms with van der Waals surface area (Å²) in [4.78, 5) is 0. The summed E-state index contributed by atoms with van der Waals surface area (Å²) in [6.07, 6.45) is 1.17. The number of sulfone groups is 1. The lowest BCUT2D eigenvalue weighted by molar-refractivity contribution is 0.415. The van der Waals surface area contributed by atoms with Gasteiger partial charge in [0.05, 0.1) is 22.3 Å². The van der Waals surface area contributed by atoms with Gasteiger partial charge in [0.25, 0.3) is 0 Å². The van der Waals surface area contributed by atoms with Gasteiger partial charge in [0.15, 0.2) is 9.84 Å². The van der Waals surface area contributed by atoms with E-state index < -0.39 is 20.0 Å². The van der Waals surface area contributed by atoms with Crippen LogP contribution in [0.4, 0.5) is 0 Å². The van der Waals surface area contributed by atoms with Gasteiger partial charge in [-0.15, -0.1) is 11.6 Å². The third kappa shape index (κ3) is 2.92. The third-order valence-electron chi connectivity index (χ3n) is 3.03. The maximum atomic E-state index is 11.7. The summed E-state index contributed by atoms with van der Waals surface area (Å²) in [5.74, 6) is 0.529. The monoisotopic (exact) mass is 310 g/mol. The minimum Gasteiger partial charge on any atom is -0.495 e. The summed E-state index contributed by atoms with van der Waals surface area (Å²) in [7, 11) is -1.77. The molecule has 0 spiro atoms. The molecule has 1 atom stereocenters. The highest BCUT2D eigenvalue weighted by atomic mass is 35.5. The van der Waals surface area contributed by atoms with Crippen molar-refractivity contribution in [2.75, 3.05) is 13.4 Å². The summed E-state index contributed by atoms with van der Waals surface area (Å²) in [5, 5.41) is -0.277. The molecular formula is C12H16Cl2O3S. The van der Waals surface area contributed by atoms with E-state index >= 15 is 0 Å². The first-order valence-electron chi connectivity index (χ1n) is 5.28. The molecule has 0 saturated carbocycles. The van der Waals surface area contributed by atoms with E-state index in [4.69, 9.17) is 27.9 Å². The molecule has 1 aromatic carbocycles. The lowest BCUT2D eigenvalue weighted by Crippen LogP contribution is -2.35. The Kier molecular flexibility index (Phi) is 4.57. The second-order valence-electron chi connectivity index (χ2n) is 4.63. The Labute approximate surface area is 118 Å². The van der Waals surface area contributed by atoms with Gasteiger partial charge in [0.1, 0.15) is 5.75 Å². The number of hydrogen-bond donors (Lipinski definition) is 0. The summed E-state index contributed by atoms with van der Waals surface area (Å²) in [5.41, 5.74) is 0.651. The van der Waals surface area contributed by atoms with E-state index in [0.717, 1.165) is 0 Å². The van der Waals surface area contributed by atoms with Gasteiger partial charge in [-0.05, 0) is 31.5 Å². The standard InChI is InChI=1S/C12H16Cl2O3S/c1-12(2,18(4,15)16)11(14)8-5-6-10(17-3)9(13)7-8/h5-7,11H,1-4H3. The summed E-state index contributed by atoms with van der Waals surface area (Å²) < 4.78 is 27.4. The molecule has 102 valence electrons. The van der Waals surface area contributed by atoms with E-state index in [0.29, 0.717) is 16.3 Å². The van der Waals surface area contributed by atoms with Crippen LogP contribution in [-0.4, -0.2) is 26.5 Å². The van der Waals surface area contributed by atoms with Crippen molar-refractivity contribution >= 4 is 33.0 Å². The average Bonchev–Trinajstić information content (AvgIpc) is 2.26. The van der Waals surface area contributed by atoms with Crippen molar-refractivity contribution in [3.8, 4) is 5.75 Å². The number of hydrogen-bond acceptors (Lipinski definition) is 3. The van der Waals surface area contributed by atoms with Crippen LogP contribution in [0.25, 0.3) is 0 Å². The van der Waals surface area contributed by atoms with Gasteiger partial charge in [-0.25, -0.2) is 8.42 Å². The zero-order valence-electron chi connectivity index (χ0n) is 10.7. The Bertz CT molecular complexity index is 538. The molecule has 0 aliphatic heterocycles. The van der Waals surface area contributed by atoms with E-state index in [1.54, 1.807) is 32.0 Å². The predicted molar refractivity (Wildman–Crippen MR) is 75.5 cm³/mol. The largest absolute Gasteiger partial charge is 0.495 e. The molecule has 0 amide bonds. The molecule has 0 aliphatic rings. The molecule has 1 aromatic rings. The van der Waals surface area contributed by atoms with Crippen molar-refractivity contribution in [2.45, 2.75) is 24.0 Å². The van der Waals surface area contributed by atoms with Crippen LogP contribution in [-0.2, 0) is 9.84 Å². The van der Waals surface area contributed by atoms with Crippen molar-refractivity contribution in [3.63, 3.8) is 0 Å². The van der Waals surface area contributed by atoms with Crippen LogP contribution in [0.5, 0.6) is 5.75 Å². The van der Waals surface area contributed by atoms with Crippen LogP contribution in [0, 0.1) is 0 Å². The van der Waals surface area contributed by atoms with Crippen LogP contribution >= 0.6 is 23.2 Å². The average molecular weight is 311 g/mol. The molecule has 0 N–H and O–H groups in total. The smallest absolute Gasteiger partial charge is 0.154 e. The van der Waals surface area contributed by atoms with Crippen LogP contribution in [0.2, 0.25) is 5.02 Å². The molecule has 0 saturated heterocycles. The van der Waals surface area contributed by atoms with Crippen LogP contribution < -0.4 is 4.74 Å². The maximum Gasteiger partial charge on any atom is 0.154 e. The minimum atomic E-state index is -3.28. The topological polar surface area (TPSA) is 43.4 Å². The Morgan fingerprint density at radius 3 is 2.28 bits per heavy atom. The highest BCUT2D eigenvalue weighted by Gasteiger charge is 2.39. The van der Waals surface area contributed by atoms with Gasteiger partial charge in [-0.3, -0.25) is 0 Å². The van der Waals surface area contributed by atoms with E-state index in [1.165, 1.54) is 13.4 Å². The van der Waals surface area contributed by atoms with Gasteiger partial charge < -0.3 is 4.74 Å². The molecule has 0 heterocycles. The lowest BCUT2D eigenvalue weighted by Gasteiger charge is -2.28. The van der Waals surface area contributed by atoms with Gasteiger partial charge in [-0.2, -0.15) is 0 Å². The van der Waals surface area contributed by atoms with Crippen LogP contribution in [0.15, 0.2) is 18.2 Å². The molecule has 3 nitrogen and oxygen atoms in total. The highest BCUT2D eigenvalue weighted by molar-refractivity contribution is 7.92. The minimum absolute atomic E-state index is 0.407. The zero-order chi connectivity index (χ0) is 14.1. The Morgan fingerprint density at radius 1 is 1.33 bits per heavy atom. The number of benzene rings is 1. The lowest BCUT2D eigenvalue weighted by atomic mass is 10.0. The first-order chi connectivity index (χ1) is 8.11. The summed E-state index contributed by atoms with van der Waals surface area (Å²) in [6, 6.07) is 5.02.